The lowest BCUT2D eigenvalue weighted by molar-refractivity contribution is 0.152. The Labute approximate surface area is 102 Å². The smallest absolute Gasteiger partial charge is 0.0110 e. The van der Waals surface area contributed by atoms with Crippen LogP contribution >= 0.6 is 0 Å². The second kappa shape index (κ2) is 11.4. The van der Waals surface area contributed by atoms with Crippen LogP contribution in [0.1, 0.15) is 33.1 Å². The minimum Gasteiger partial charge on any atom is -0.320 e. The standard InChI is InChI=1S/C11H25N3.C2H6/c1-12-6-4-3-5-7-14-10-8-13(2)9-11-14;1-2/h12H,3-11H2,1-2H3;1-2H3. The largest absolute Gasteiger partial charge is 0.320 e. The molecule has 1 fully saturated rings. The van der Waals surface area contributed by atoms with Crippen LogP contribution < -0.4 is 5.32 Å². The van der Waals surface area contributed by atoms with Gasteiger partial charge in [-0.2, -0.15) is 0 Å². The Kier molecular flexibility index (Phi) is 11.3. The zero-order valence-corrected chi connectivity index (χ0v) is 11.8. The van der Waals surface area contributed by atoms with E-state index >= 15 is 0 Å². The Morgan fingerprint density at radius 2 is 1.56 bits per heavy atom. The highest BCUT2D eigenvalue weighted by atomic mass is 15.2. The van der Waals surface area contributed by atoms with Crippen LogP contribution in [0, 0.1) is 0 Å². The monoisotopic (exact) mass is 229 g/mol. The molecule has 0 aromatic rings. The van der Waals surface area contributed by atoms with E-state index in [1.807, 2.05) is 20.9 Å². The van der Waals surface area contributed by atoms with Crippen LogP contribution in [0.4, 0.5) is 0 Å². The molecular formula is C13H31N3. The third kappa shape index (κ3) is 8.08. The molecule has 0 unspecified atom stereocenters. The molecule has 1 aliphatic rings. The second-order valence-corrected chi connectivity index (χ2v) is 4.31. The zero-order valence-electron chi connectivity index (χ0n) is 11.8. The summed E-state index contributed by atoms with van der Waals surface area (Å²) >= 11 is 0. The van der Waals surface area contributed by atoms with Gasteiger partial charge in [-0.25, -0.2) is 0 Å². The number of rotatable bonds is 6. The Bertz CT molecular complexity index is 131. The summed E-state index contributed by atoms with van der Waals surface area (Å²) in [4.78, 5) is 5.01. The highest BCUT2D eigenvalue weighted by Crippen LogP contribution is 2.02. The van der Waals surface area contributed by atoms with E-state index in [2.05, 4.69) is 22.2 Å². The average molecular weight is 229 g/mol. The van der Waals surface area contributed by atoms with Crippen molar-refractivity contribution in [2.75, 3.05) is 53.4 Å². The Morgan fingerprint density at radius 3 is 2.12 bits per heavy atom. The average Bonchev–Trinajstić information content (AvgIpc) is 2.34. The SMILES string of the molecule is CC.CNCCCCCN1CCN(C)CC1. The third-order valence-corrected chi connectivity index (χ3v) is 3.00. The van der Waals surface area contributed by atoms with Crippen LogP contribution in [-0.4, -0.2) is 63.2 Å². The maximum atomic E-state index is 3.19. The summed E-state index contributed by atoms with van der Waals surface area (Å²) in [5, 5.41) is 3.19. The lowest BCUT2D eigenvalue weighted by atomic mass is 10.2. The summed E-state index contributed by atoms with van der Waals surface area (Å²) in [7, 11) is 4.24. The number of hydrogen-bond acceptors (Lipinski definition) is 3. The van der Waals surface area contributed by atoms with Crippen LogP contribution in [0.25, 0.3) is 0 Å². The first-order chi connectivity index (χ1) is 7.83. The number of piperazine rings is 1. The number of nitrogens with one attached hydrogen (secondary N) is 1. The minimum absolute atomic E-state index is 1.17. The van der Waals surface area contributed by atoms with Crippen molar-refractivity contribution in [2.24, 2.45) is 0 Å². The molecule has 0 aromatic heterocycles. The molecule has 1 N–H and O–H groups in total. The normalized spacial score (nSPS) is 18.0. The van der Waals surface area contributed by atoms with Crippen molar-refractivity contribution in [2.45, 2.75) is 33.1 Å². The van der Waals surface area contributed by atoms with E-state index < -0.39 is 0 Å². The van der Waals surface area contributed by atoms with Crippen molar-refractivity contribution in [3.05, 3.63) is 0 Å². The summed E-state index contributed by atoms with van der Waals surface area (Å²) < 4.78 is 0. The van der Waals surface area contributed by atoms with Gasteiger partial charge in [-0.1, -0.05) is 20.3 Å². The number of likely N-dealkylation sites (N-methyl/N-ethyl adjacent to an activating group) is 1. The number of nitrogens with zero attached hydrogens (tertiary/aromatic N) is 2. The summed E-state index contributed by atoms with van der Waals surface area (Å²) in [6.07, 6.45) is 4.06. The molecule has 0 spiro atoms. The molecule has 0 amide bonds. The lowest BCUT2D eigenvalue weighted by Gasteiger charge is -2.32. The molecule has 0 aliphatic carbocycles. The first kappa shape index (κ1) is 15.9. The minimum atomic E-state index is 1.17. The fraction of sp³-hybridized carbons (Fsp3) is 1.00. The molecule has 0 aromatic carbocycles. The molecule has 0 bridgehead atoms. The number of unbranched alkanes of at least 4 members (excludes halogenated alkanes) is 2. The fourth-order valence-electron chi connectivity index (χ4n) is 1.89. The first-order valence-electron chi connectivity index (χ1n) is 6.88. The van der Waals surface area contributed by atoms with Gasteiger partial charge in [0.25, 0.3) is 0 Å². The van der Waals surface area contributed by atoms with Crippen LogP contribution in [0.5, 0.6) is 0 Å². The Morgan fingerprint density at radius 1 is 0.938 bits per heavy atom. The van der Waals surface area contributed by atoms with Gasteiger partial charge in [0.05, 0.1) is 0 Å². The van der Waals surface area contributed by atoms with Crippen LogP contribution in [0.3, 0.4) is 0 Å². The second-order valence-electron chi connectivity index (χ2n) is 4.31. The van der Waals surface area contributed by atoms with Gasteiger partial charge in [-0.05, 0) is 40.0 Å². The maximum Gasteiger partial charge on any atom is 0.0110 e. The van der Waals surface area contributed by atoms with E-state index in [1.165, 1.54) is 58.5 Å². The van der Waals surface area contributed by atoms with E-state index in [0.29, 0.717) is 0 Å². The van der Waals surface area contributed by atoms with Gasteiger partial charge in [-0.3, -0.25) is 0 Å². The van der Waals surface area contributed by atoms with Gasteiger partial charge >= 0.3 is 0 Å². The van der Waals surface area contributed by atoms with Crippen molar-refractivity contribution < 1.29 is 0 Å². The molecule has 3 nitrogen and oxygen atoms in total. The molecule has 98 valence electrons. The fourth-order valence-corrected chi connectivity index (χ4v) is 1.89. The molecular weight excluding hydrogens is 198 g/mol. The Hall–Kier alpha value is -0.120. The van der Waals surface area contributed by atoms with Crippen molar-refractivity contribution >= 4 is 0 Å². The molecule has 0 radical (unpaired) electrons. The van der Waals surface area contributed by atoms with Gasteiger partial charge in [0, 0.05) is 26.2 Å². The number of hydrogen-bond donors (Lipinski definition) is 1. The van der Waals surface area contributed by atoms with Gasteiger partial charge in [0.1, 0.15) is 0 Å². The Balaban J connectivity index is 0.00000106. The topological polar surface area (TPSA) is 18.5 Å². The van der Waals surface area contributed by atoms with Crippen molar-refractivity contribution in [3.8, 4) is 0 Å². The molecule has 1 saturated heterocycles. The first-order valence-corrected chi connectivity index (χ1v) is 6.88. The maximum absolute atomic E-state index is 3.19. The third-order valence-electron chi connectivity index (χ3n) is 3.00. The zero-order chi connectivity index (χ0) is 12.2. The molecule has 0 saturated carbocycles. The molecule has 3 heteroatoms. The van der Waals surface area contributed by atoms with Crippen LogP contribution in [-0.2, 0) is 0 Å². The van der Waals surface area contributed by atoms with Gasteiger partial charge < -0.3 is 15.1 Å². The molecule has 16 heavy (non-hydrogen) atoms. The van der Waals surface area contributed by atoms with Crippen molar-refractivity contribution in [1.82, 2.24) is 15.1 Å². The predicted octanol–water partition coefficient (Wildman–Crippen LogP) is 1.65. The summed E-state index contributed by atoms with van der Waals surface area (Å²) in [5.41, 5.74) is 0. The highest BCUT2D eigenvalue weighted by Gasteiger charge is 2.12. The van der Waals surface area contributed by atoms with Crippen LogP contribution in [0.15, 0.2) is 0 Å². The molecule has 1 rings (SSSR count). The van der Waals surface area contributed by atoms with Gasteiger partial charge in [-0.15, -0.1) is 0 Å². The molecule has 0 atom stereocenters. The molecule has 1 aliphatic heterocycles. The van der Waals surface area contributed by atoms with Crippen molar-refractivity contribution in [3.63, 3.8) is 0 Å². The van der Waals surface area contributed by atoms with E-state index in [4.69, 9.17) is 0 Å². The quantitative estimate of drug-likeness (QED) is 0.699. The lowest BCUT2D eigenvalue weighted by Crippen LogP contribution is -2.44. The van der Waals surface area contributed by atoms with Gasteiger partial charge in [0.2, 0.25) is 0 Å². The van der Waals surface area contributed by atoms with E-state index in [0.717, 1.165) is 0 Å². The van der Waals surface area contributed by atoms with E-state index in [-0.39, 0.29) is 0 Å². The van der Waals surface area contributed by atoms with E-state index in [9.17, 15) is 0 Å². The summed E-state index contributed by atoms with van der Waals surface area (Å²) in [6.45, 7) is 11.5. The molecule has 1 heterocycles. The van der Waals surface area contributed by atoms with E-state index in [1.54, 1.807) is 0 Å². The predicted molar refractivity (Wildman–Crippen MR) is 73.1 cm³/mol. The summed E-state index contributed by atoms with van der Waals surface area (Å²) in [6, 6.07) is 0. The van der Waals surface area contributed by atoms with Gasteiger partial charge in [0.15, 0.2) is 0 Å². The summed E-state index contributed by atoms with van der Waals surface area (Å²) in [5.74, 6) is 0. The van der Waals surface area contributed by atoms with Crippen LogP contribution in [0.2, 0.25) is 0 Å². The highest BCUT2D eigenvalue weighted by molar-refractivity contribution is 4.68. The van der Waals surface area contributed by atoms with Crippen molar-refractivity contribution in [1.29, 1.82) is 0 Å².